The minimum absolute atomic E-state index is 0.573. The van der Waals surface area contributed by atoms with Crippen molar-refractivity contribution in [2.45, 2.75) is 12.3 Å². The molecule has 13 heavy (non-hydrogen) atoms. The predicted octanol–water partition coefficient (Wildman–Crippen LogP) is 2.06. The van der Waals surface area contributed by atoms with Crippen LogP contribution >= 0.6 is 12.6 Å². The number of fused-ring (bicyclic) bond motifs is 1. The van der Waals surface area contributed by atoms with Gasteiger partial charge in [0.25, 0.3) is 0 Å². The van der Waals surface area contributed by atoms with Gasteiger partial charge in [0.2, 0.25) is 0 Å². The lowest BCUT2D eigenvalue weighted by atomic mass is 10.1. The summed E-state index contributed by atoms with van der Waals surface area (Å²) in [7, 11) is 0. The number of thiol groups is 1. The van der Waals surface area contributed by atoms with Gasteiger partial charge in [-0.25, -0.2) is 0 Å². The Morgan fingerprint density at radius 3 is 2.85 bits per heavy atom. The molecule has 0 saturated carbocycles. The average molecular weight is 192 g/mol. The molecule has 0 atom stereocenters. The summed E-state index contributed by atoms with van der Waals surface area (Å²) in [5.74, 6) is 0.758. The van der Waals surface area contributed by atoms with Gasteiger partial charge >= 0.3 is 0 Å². The second kappa shape index (κ2) is 3.44. The summed E-state index contributed by atoms with van der Waals surface area (Å²) >= 11 is 4.26. The minimum Gasteiger partial charge on any atom is -0.361 e. The summed E-state index contributed by atoms with van der Waals surface area (Å²) in [6.07, 6.45) is 2.00. The summed E-state index contributed by atoms with van der Waals surface area (Å²) in [6.45, 7) is 0.573. The van der Waals surface area contributed by atoms with Gasteiger partial charge in [-0.3, -0.25) is 0 Å². The Kier molecular flexibility index (Phi) is 2.29. The smallest absolute Gasteiger partial charge is 0.0502 e. The van der Waals surface area contributed by atoms with Crippen molar-refractivity contribution in [1.29, 1.82) is 0 Å². The van der Waals surface area contributed by atoms with Gasteiger partial charge in [0.1, 0.15) is 0 Å². The number of nitrogens with one attached hydrogen (secondary N) is 1. The predicted molar refractivity (Wildman–Crippen MR) is 58.9 cm³/mol. The fourth-order valence-electron chi connectivity index (χ4n) is 1.58. The highest BCUT2D eigenvalue weighted by Crippen LogP contribution is 2.22. The third-order valence-electron chi connectivity index (χ3n) is 2.28. The van der Waals surface area contributed by atoms with Crippen molar-refractivity contribution in [3.8, 4) is 0 Å². The number of hydrogen-bond donors (Lipinski definition) is 3. The Morgan fingerprint density at radius 1 is 1.31 bits per heavy atom. The van der Waals surface area contributed by atoms with Gasteiger partial charge in [0.15, 0.2) is 0 Å². The first-order chi connectivity index (χ1) is 6.36. The summed E-state index contributed by atoms with van der Waals surface area (Å²) in [5, 5.41) is 1.23. The van der Waals surface area contributed by atoms with Crippen LogP contribution in [0.25, 0.3) is 10.9 Å². The largest absolute Gasteiger partial charge is 0.361 e. The lowest BCUT2D eigenvalue weighted by Crippen LogP contribution is -1.96. The van der Waals surface area contributed by atoms with Crippen LogP contribution in [-0.4, -0.2) is 4.98 Å². The summed E-state index contributed by atoms with van der Waals surface area (Å²) in [6, 6.07) is 6.17. The van der Waals surface area contributed by atoms with Crippen LogP contribution in [0.4, 0.5) is 0 Å². The Hall–Kier alpha value is -0.930. The number of aromatic amines is 1. The second-order valence-electron chi connectivity index (χ2n) is 3.02. The SMILES string of the molecule is NCc1cccc2c(CS)c[nH]c12. The Labute approximate surface area is 82.5 Å². The molecule has 1 aromatic heterocycles. The van der Waals surface area contributed by atoms with Crippen LogP contribution in [-0.2, 0) is 12.3 Å². The standard InChI is InChI=1S/C10H12N2S/c11-4-7-2-1-3-9-8(6-13)5-12-10(7)9/h1-3,5,12-13H,4,6,11H2. The Balaban J connectivity index is 2.72. The molecule has 0 amide bonds. The molecule has 0 aliphatic heterocycles. The van der Waals surface area contributed by atoms with E-state index in [1.165, 1.54) is 10.9 Å². The molecular formula is C10H12N2S. The zero-order chi connectivity index (χ0) is 9.26. The third-order valence-corrected chi connectivity index (χ3v) is 2.62. The second-order valence-corrected chi connectivity index (χ2v) is 3.33. The van der Waals surface area contributed by atoms with E-state index in [0.29, 0.717) is 6.54 Å². The first-order valence-electron chi connectivity index (χ1n) is 4.25. The van der Waals surface area contributed by atoms with Gasteiger partial charge in [-0.1, -0.05) is 18.2 Å². The van der Waals surface area contributed by atoms with Crippen LogP contribution in [0.15, 0.2) is 24.4 Å². The van der Waals surface area contributed by atoms with E-state index in [1.807, 2.05) is 18.3 Å². The van der Waals surface area contributed by atoms with Crippen LogP contribution in [0, 0.1) is 0 Å². The van der Waals surface area contributed by atoms with Crippen molar-refractivity contribution in [2.75, 3.05) is 0 Å². The zero-order valence-corrected chi connectivity index (χ0v) is 8.14. The van der Waals surface area contributed by atoms with E-state index in [0.717, 1.165) is 16.8 Å². The van der Waals surface area contributed by atoms with Crippen LogP contribution < -0.4 is 5.73 Å². The summed E-state index contributed by atoms with van der Waals surface area (Å²) in [4.78, 5) is 3.23. The Morgan fingerprint density at radius 2 is 2.15 bits per heavy atom. The number of hydrogen-bond acceptors (Lipinski definition) is 2. The molecule has 2 rings (SSSR count). The van der Waals surface area contributed by atoms with E-state index < -0.39 is 0 Å². The van der Waals surface area contributed by atoms with E-state index in [1.54, 1.807) is 0 Å². The molecule has 0 radical (unpaired) electrons. The van der Waals surface area contributed by atoms with Gasteiger partial charge in [0.05, 0.1) is 5.52 Å². The van der Waals surface area contributed by atoms with E-state index in [9.17, 15) is 0 Å². The number of para-hydroxylation sites is 1. The maximum Gasteiger partial charge on any atom is 0.0502 e. The summed E-state index contributed by atoms with van der Waals surface area (Å²) in [5.41, 5.74) is 9.16. The topological polar surface area (TPSA) is 41.8 Å². The van der Waals surface area contributed by atoms with Crippen LogP contribution in [0.5, 0.6) is 0 Å². The molecule has 0 unspecified atom stereocenters. The fraction of sp³-hybridized carbons (Fsp3) is 0.200. The van der Waals surface area contributed by atoms with Crippen LogP contribution in [0.1, 0.15) is 11.1 Å². The van der Waals surface area contributed by atoms with Crippen molar-refractivity contribution in [1.82, 2.24) is 4.98 Å². The van der Waals surface area contributed by atoms with Crippen molar-refractivity contribution in [2.24, 2.45) is 5.73 Å². The molecule has 0 fully saturated rings. The molecular weight excluding hydrogens is 180 g/mol. The number of rotatable bonds is 2. The minimum atomic E-state index is 0.573. The number of benzene rings is 1. The first kappa shape index (κ1) is 8.66. The number of H-pyrrole nitrogens is 1. The highest BCUT2D eigenvalue weighted by molar-refractivity contribution is 7.79. The normalized spacial score (nSPS) is 10.9. The molecule has 0 aliphatic carbocycles. The number of aromatic nitrogens is 1. The van der Waals surface area contributed by atoms with Gasteiger partial charge in [0, 0.05) is 23.9 Å². The molecule has 1 aromatic carbocycles. The molecule has 0 bridgehead atoms. The van der Waals surface area contributed by atoms with Gasteiger partial charge in [-0.15, -0.1) is 0 Å². The highest BCUT2D eigenvalue weighted by Gasteiger charge is 2.04. The van der Waals surface area contributed by atoms with E-state index >= 15 is 0 Å². The molecule has 2 aromatic rings. The van der Waals surface area contributed by atoms with Gasteiger partial charge in [-0.05, 0) is 11.1 Å². The first-order valence-corrected chi connectivity index (χ1v) is 4.89. The van der Waals surface area contributed by atoms with E-state index in [2.05, 4.69) is 23.7 Å². The molecule has 0 saturated heterocycles. The lowest BCUT2D eigenvalue weighted by molar-refractivity contribution is 1.08. The number of nitrogens with two attached hydrogens (primary N) is 1. The fourth-order valence-corrected chi connectivity index (χ4v) is 1.84. The maximum atomic E-state index is 5.63. The van der Waals surface area contributed by atoms with Gasteiger partial charge < -0.3 is 10.7 Å². The zero-order valence-electron chi connectivity index (χ0n) is 7.25. The molecule has 1 heterocycles. The monoisotopic (exact) mass is 192 g/mol. The maximum absolute atomic E-state index is 5.63. The molecule has 3 N–H and O–H groups in total. The molecule has 2 nitrogen and oxygen atoms in total. The average Bonchev–Trinajstić information content (AvgIpc) is 2.60. The van der Waals surface area contributed by atoms with Crippen molar-refractivity contribution < 1.29 is 0 Å². The van der Waals surface area contributed by atoms with Gasteiger partial charge in [-0.2, -0.15) is 12.6 Å². The lowest BCUT2D eigenvalue weighted by Gasteiger charge is -1.99. The molecule has 0 spiro atoms. The highest BCUT2D eigenvalue weighted by atomic mass is 32.1. The molecule has 0 aliphatic rings. The quantitative estimate of drug-likeness (QED) is 0.626. The van der Waals surface area contributed by atoms with Crippen LogP contribution in [0.2, 0.25) is 0 Å². The molecule has 68 valence electrons. The Bertz CT molecular complexity index is 420. The van der Waals surface area contributed by atoms with Crippen LogP contribution in [0.3, 0.4) is 0 Å². The van der Waals surface area contributed by atoms with E-state index in [-0.39, 0.29) is 0 Å². The van der Waals surface area contributed by atoms with E-state index in [4.69, 9.17) is 5.73 Å². The van der Waals surface area contributed by atoms with Crippen molar-refractivity contribution in [3.05, 3.63) is 35.5 Å². The van der Waals surface area contributed by atoms with Crippen molar-refractivity contribution >= 4 is 23.5 Å². The van der Waals surface area contributed by atoms with Crippen molar-refractivity contribution in [3.63, 3.8) is 0 Å². The molecule has 3 heteroatoms. The summed E-state index contributed by atoms with van der Waals surface area (Å²) < 4.78 is 0. The third kappa shape index (κ3) is 1.34.